The highest BCUT2D eigenvalue weighted by molar-refractivity contribution is 5.81. The molecule has 0 radical (unpaired) electrons. The summed E-state index contributed by atoms with van der Waals surface area (Å²) in [6.45, 7) is -0.972. The van der Waals surface area contributed by atoms with Crippen LogP contribution in [0.15, 0.2) is 0 Å². The fraction of sp³-hybridized carbons (Fsp3) is 0.850. The van der Waals surface area contributed by atoms with Gasteiger partial charge in [0.05, 0.1) is 62.4 Å². The van der Waals surface area contributed by atoms with Gasteiger partial charge in [-0.25, -0.2) is 17.6 Å². The molecule has 2 aliphatic heterocycles. The van der Waals surface area contributed by atoms with E-state index >= 15 is 0 Å². The smallest absolute Gasteiger partial charge is 0.312 e. The standard InChI is InChI=1S/C40H56F4N6O6/c41-39(42)21-29(23-45)49(27-39)25-31(51)47-37-13-7-35(8-14-37,9-15-37)33(53)55-19-5-3-1-2-4-6-20-56-34(54)36-10-16-38(17-11-36,18-12-36)48-32(52)26-50-28-40(43,44)22-30(50)24-46/h29-30H,1-22,25-28H2,(H,47,51)(H,48,52)/t29-,30-,35?,36?,37?,38?/m0/s1. The number of nitrogens with zero attached hydrogens (tertiary/aromatic N) is 4. The van der Waals surface area contributed by atoms with Gasteiger partial charge < -0.3 is 20.1 Å². The number of carbonyl (C=O) groups excluding carboxylic acids is 4. The number of halogens is 4. The van der Waals surface area contributed by atoms with Gasteiger partial charge in [0.2, 0.25) is 11.8 Å². The zero-order valence-corrected chi connectivity index (χ0v) is 32.3. The van der Waals surface area contributed by atoms with Gasteiger partial charge in [0.15, 0.2) is 0 Å². The monoisotopic (exact) mass is 792 g/mol. The Balaban J connectivity index is 0.787. The lowest BCUT2D eigenvalue weighted by molar-refractivity contribution is -0.165. The van der Waals surface area contributed by atoms with Gasteiger partial charge in [-0.3, -0.25) is 29.0 Å². The number of rotatable bonds is 17. The molecule has 6 aliphatic carbocycles. The van der Waals surface area contributed by atoms with E-state index in [1.807, 2.05) is 12.1 Å². The summed E-state index contributed by atoms with van der Waals surface area (Å²) < 4.78 is 66.6. The van der Waals surface area contributed by atoms with Crippen LogP contribution in [0, 0.1) is 33.5 Å². The van der Waals surface area contributed by atoms with Crippen LogP contribution in [0.2, 0.25) is 0 Å². The van der Waals surface area contributed by atoms with Crippen LogP contribution >= 0.6 is 0 Å². The van der Waals surface area contributed by atoms with Crippen molar-refractivity contribution in [2.45, 2.75) is 163 Å². The number of nitriles is 2. The third-order valence-corrected chi connectivity index (χ3v) is 13.9. The van der Waals surface area contributed by atoms with Gasteiger partial charge in [0.1, 0.15) is 12.1 Å². The summed E-state index contributed by atoms with van der Waals surface area (Å²) in [7, 11) is 0. The van der Waals surface area contributed by atoms with Crippen molar-refractivity contribution in [3.8, 4) is 12.1 Å². The maximum Gasteiger partial charge on any atom is 0.312 e. The summed E-state index contributed by atoms with van der Waals surface area (Å²) in [4.78, 5) is 54.3. The van der Waals surface area contributed by atoms with Crippen molar-refractivity contribution >= 4 is 23.8 Å². The topological polar surface area (TPSA) is 165 Å². The summed E-state index contributed by atoms with van der Waals surface area (Å²) in [5.41, 5.74) is -1.98. The average Bonchev–Trinajstić information content (AvgIpc) is 3.64. The third kappa shape index (κ3) is 9.61. The highest BCUT2D eigenvalue weighted by Crippen LogP contribution is 2.54. The largest absolute Gasteiger partial charge is 0.465 e. The quantitative estimate of drug-likeness (QED) is 0.112. The van der Waals surface area contributed by atoms with Crippen molar-refractivity contribution in [1.82, 2.24) is 20.4 Å². The minimum Gasteiger partial charge on any atom is -0.465 e. The van der Waals surface area contributed by atoms with Gasteiger partial charge in [-0.1, -0.05) is 25.7 Å². The van der Waals surface area contributed by atoms with Crippen molar-refractivity contribution in [2.75, 3.05) is 39.4 Å². The van der Waals surface area contributed by atoms with Crippen molar-refractivity contribution in [1.29, 1.82) is 10.5 Å². The SMILES string of the molecule is N#C[C@@H]1CC(F)(F)CN1CC(=O)NC12CCC(C(=O)OCCCCCCCCOC(=O)C34CCC(NC(=O)CN5CC(F)(F)C[C@H]5C#N)(CC3)CC4)(CC1)CC2. The van der Waals surface area contributed by atoms with Gasteiger partial charge in [-0.15, -0.1) is 0 Å². The first kappa shape index (κ1) is 42.1. The molecule has 0 aromatic rings. The molecule has 0 spiro atoms. The Labute approximate surface area is 326 Å². The molecular formula is C40H56F4N6O6. The number of ether oxygens (including phenoxy) is 2. The van der Waals surface area contributed by atoms with E-state index in [9.17, 15) is 47.3 Å². The number of hydrogen-bond donors (Lipinski definition) is 2. The van der Waals surface area contributed by atoms with E-state index in [0.29, 0.717) is 90.3 Å². The number of likely N-dealkylation sites (tertiary alicyclic amines) is 2. The molecule has 8 fully saturated rings. The predicted octanol–water partition coefficient (Wildman–Crippen LogP) is 5.30. The van der Waals surface area contributed by atoms with E-state index in [1.54, 1.807) is 0 Å². The summed E-state index contributed by atoms with van der Waals surface area (Å²) >= 11 is 0. The molecule has 6 saturated carbocycles. The van der Waals surface area contributed by atoms with E-state index in [0.717, 1.165) is 38.5 Å². The normalized spacial score (nSPS) is 34.3. The van der Waals surface area contributed by atoms with Gasteiger partial charge in [0, 0.05) is 23.9 Å². The van der Waals surface area contributed by atoms with Crippen LogP contribution in [0.4, 0.5) is 17.6 Å². The van der Waals surface area contributed by atoms with Crippen LogP contribution in [0.5, 0.6) is 0 Å². The fourth-order valence-corrected chi connectivity index (χ4v) is 10.3. The number of alkyl halides is 4. The summed E-state index contributed by atoms with van der Waals surface area (Å²) in [6.07, 6.45) is 11.6. The summed E-state index contributed by atoms with van der Waals surface area (Å²) in [5.74, 6) is -7.03. The molecule has 2 atom stereocenters. The van der Waals surface area contributed by atoms with Crippen LogP contribution in [-0.2, 0) is 28.7 Å². The molecule has 2 amide bonds. The minimum atomic E-state index is -2.97. The first-order valence-electron chi connectivity index (χ1n) is 20.5. The minimum absolute atomic E-state index is 0.178. The number of unbranched alkanes of at least 4 members (excludes halogenated alkanes) is 5. The molecule has 8 aliphatic rings. The van der Waals surface area contributed by atoms with Crippen LogP contribution < -0.4 is 10.6 Å². The van der Waals surface area contributed by atoms with Gasteiger partial charge >= 0.3 is 11.9 Å². The number of esters is 2. The molecule has 4 bridgehead atoms. The average molecular weight is 793 g/mol. The third-order valence-electron chi connectivity index (χ3n) is 13.9. The van der Waals surface area contributed by atoms with Gasteiger partial charge in [-0.2, -0.15) is 10.5 Å². The van der Waals surface area contributed by atoms with Crippen LogP contribution in [0.1, 0.15) is 128 Å². The van der Waals surface area contributed by atoms with Crippen molar-refractivity contribution in [2.24, 2.45) is 10.8 Å². The number of hydrogen-bond acceptors (Lipinski definition) is 10. The molecule has 0 aromatic heterocycles. The zero-order chi connectivity index (χ0) is 40.2. The van der Waals surface area contributed by atoms with E-state index < -0.39 is 71.8 Å². The Kier molecular flexibility index (Phi) is 12.6. The van der Waals surface area contributed by atoms with Gasteiger partial charge in [0.25, 0.3) is 11.8 Å². The lowest BCUT2D eigenvalue weighted by Gasteiger charge is -2.52. The summed E-state index contributed by atoms with van der Waals surface area (Å²) in [6, 6.07) is 1.78. The van der Waals surface area contributed by atoms with Crippen molar-refractivity contribution in [3.63, 3.8) is 0 Å². The fourth-order valence-electron chi connectivity index (χ4n) is 10.3. The maximum atomic E-state index is 13.8. The zero-order valence-electron chi connectivity index (χ0n) is 32.3. The second-order valence-corrected chi connectivity index (χ2v) is 17.8. The maximum absolute atomic E-state index is 13.8. The van der Waals surface area contributed by atoms with E-state index in [4.69, 9.17) is 9.47 Å². The highest BCUT2D eigenvalue weighted by atomic mass is 19.3. The van der Waals surface area contributed by atoms with E-state index in [-0.39, 0.29) is 36.8 Å². The van der Waals surface area contributed by atoms with Crippen LogP contribution in [0.25, 0.3) is 0 Å². The Morgan fingerprint density at radius 3 is 1.20 bits per heavy atom. The second-order valence-electron chi connectivity index (χ2n) is 17.8. The van der Waals surface area contributed by atoms with Gasteiger partial charge in [-0.05, 0) is 89.9 Å². The first-order valence-corrected chi connectivity index (χ1v) is 20.5. The Morgan fingerprint density at radius 2 is 0.875 bits per heavy atom. The molecular weight excluding hydrogens is 736 g/mol. The number of amides is 2. The lowest BCUT2D eigenvalue weighted by atomic mass is 9.57. The number of carbonyl (C=O) groups is 4. The van der Waals surface area contributed by atoms with E-state index in [1.165, 1.54) is 9.80 Å². The molecule has 12 nitrogen and oxygen atoms in total. The Morgan fingerprint density at radius 1 is 0.554 bits per heavy atom. The molecule has 16 heteroatoms. The van der Waals surface area contributed by atoms with Crippen molar-refractivity contribution in [3.05, 3.63) is 0 Å². The first-order chi connectivity index (χ1) is 26.5. The Hall–Kier alpha value is -3.50. The highest BCUT2D eigenvalue weighted by Gasteiger charge is 2.56. The Bertz CT molecular complexity index is 1420. The molecule has 2 heterocycles. The second kappa shape index (κ2) is 16.8. The number of nitrogens with one attached hydrogen (secondary N) is 2. The molecule has 2 N–H and O–H groups in total. The van der Waals surface area contributed by atoms with Crippen LogP contribution in [-0.4, -0.2) is 108 Å². The molecule has 0 unspecified atom stereocenters. The molecule has 56 heavy (non-hydrogen) atoms. The number of fused-ring (bicyclic) bond motifs is 6. The molecule has 8 rings (SSSR count). The lowest BCUT2D eigenvalue weighted by Crippen LogP contribution is -2.59. The van der Waals surface area contributed by atoms with Crippen molar-refractivity contribution < 1.29 is 46.2 Å². The molecule has 2 saturated heterocycles. The molecule has 310 valence electrons. The summed E-state index contributed by atoms with van der Waals surface area (Å²) in [5, 5.41) is 24.5. The molecule has 0 aromatic carbocycles. The predicted molar refractivity (Wildman–Crippen MR) is 193 cm³/mol. The van der Waals surface area contributed by atoms with E-state index in [2.05, 4.69) is 10.6 Å². The van der Waals surface area contributed by atoms with Crippen LogP contribution in [0.3, 0.4) is 0 Å².